The molecule has 2 aliphatic heterocycles. The number of nitrogens with zero attached hydrogens (tertiary/aromatic N) is 1. The summed E-state index contributed by atoms with van der Waals surface area (Å²) in [4.78, 5) is 2.53. The molecule has 1 N–H and O–H groups in total. The molecule has 35 heavy (non-hydrogen) atoms. The fourth-order valence-corrected chi connectivity index (χ4v) is 8.32. The molecule has 5 heteroatoms. The van der Waals surface area contributed by atoms with Crippen LogP contribution in [0.15, 0.2) is 54.7 Å². The van der Waals surface area contributed by atoms with Crippen molar-refractivity contribution in [3.05, 3.63) is 77.0 Å². The van der Waals surface area contributed by atoms with E-state index in [1.165, 1.54) is 30.0 Å². The highest BCUT2D eigenvalue weighted by Crippen LogP contribution is 2.56. The summed E-state index contributed by atoms with van der Waals surface area (Å²) in [6.07, 6.45) is 6.45. The number of benzene rings is 2. The van der Waals surface area contributed by atoms with Gasteiger partial charge in [0.1, 0.15) is 0 Å². The lowest BCUT2D eigenvalue weighted by Crippen LogP contribution is -2.43. The van der Waals surface area contributed by atoms with Crippen LogP contribution < -0.4 is 5.32 Å². The van der Waals surface area contributed by atoms with E-state index in [-0.39, 0.29) is 21.5 Å². The van der Waals surface area contributed by atoms with Gasteiger partial charge in [0, 0.05) is 27.1 Å². The maximum Gasteiger partial charge on any atom is 0.263 e. The van der Waals surface area contributed by atoms with E-state index in [1.54, 1.807) is 12.1 Å². The maximum atomic E-state index is 13.3. The van der Waals surface area contributed by atoms with E-state index in [9.17, 15) is 8.78 Å². The van der Waals surface area contributed by atoms with E-state index in [2.05, 4.69) is 60.1 Å². The van der Waals surface area contributed by atoms with Crippen LogP contribution in [0.1, 0.15) is 67.7 Å². The average Bonchev–Trinajstić information content (AvgIpc) is 3.08. The zero-order valence-corrected chi connectivity index (χ0v) is 21.9. The molecule has 3 aliphatic rings. The summed E-state index contributed by atoms with van der Waals surface area (Å²) in [5.74, 6) is 5.21. The summed E-state index contributed by atoms with van der Waals surface area (Å²) < 4.78 is 27.0. The van der Waals surface area contributed by atoms with Crippen molar-refractivity contribution in [3.8, 4) is 0 Å². The minimum atomic E-state index is -2.44. The van der Waals surface area contributed by atoms with Crippen molar-refractivity contribution in [3.63, 3.8) is 0 Å². The minimum Gasteiger partial charge on any atom is -0.358 e. The van der Waals surface area contributed by atoms with Gasteiger partial charge in [-0.1, -0.05) is 49.7 Å². The largest absolute Gasteiger partial charge is 0.358 e. The summed E-state index contributed by atoms with van der Waals surface area (Å²) in [7, 11) is 0.152. The standard InChI is InChI=1S/C30H38F2N2S/c1-21-19-30(20-21,35(3)4)25-10-7-23(8-11-25)6-5-15-34-16-13-29(14-17-34)22(2)33-27-12-9-24(28(31)32)18-26(27)29/h7-12,18,21,28,33H,2-3,5-6,13-17,19-20H2,1,4H3. The Bertz CT molecular complexity index is 1110. The van der Waals surface area contributed by atoms with Gasteiger partial charge >= 0.3 is 0 Å². The predicted molar refractivity (Wildman–Crippen MR) is 147 cm³/mol. The molecule has 1 saturated heterocycles. The van der Waals surface area contributed by atoms with E-state index in [4.69, 9.17) is 0 Å². The van der Waals surface area contributed by atoms with Crippen LogP contribution in [0.5, 0.6) is 0 Å². The lowest BCUT2D eigenvalue weighted by atomic mass is 9.71. The molecular weight excluding hydrogens is 458 g/mol. The minimum absolute atomic E-state index is 0.107. The van der Waals surface area contributed by atoms with Crippen LogP contribution in [-0.2, 0) is 16.6 Å². The molecule has 5 rings (SSSR count). The van der Waals surface area contributed by atoms with E-state index < -0.39 is 6.43 Å². The first-order chi connectivity index (χ1) is 16.7. The highest BCUT2D eigenvalue weighted by molar-refractivity contribution is 8.14. The number of fused-ring (bicyclic) bond motifs is 2. The number of alkyl halides is 2. The second-order valence-corrected chi connectivity index (χ2v) is 13.1. The fourth-order valence-electron chi connectivity index (χ4n) is 6.65. The molecule has 188 valence electrons. The summed E-state index contributed by atoms with van der Waals surface area (Å²) >= 11 is 0. The third-order valence-corrected chi connectivity index (χ3v) is 10.7. The fraction of sp³-hybridized carbons (Fsp3) is 0.500. The monoisotopic (exact) mass is 496 g/mol. The van der Waals surface area contributed by atoms with Gasteiger partial charge < -0.3 is 10.2 Å². The third-order valence-electron chi connectivity index (χ3n) is 8.83. The summed E-state index contributed by atoms with van der Waals surface area (Å²) in [5, 5.41) is 3.37. The molecule has 1 atom stereocenters. The highest BCUT2D eigenvalue weighted by Gasteiger charge is 2.45. The number of piperidine rings is 1. The zero-order valence-electron chi connectivity index (χ0n) is 21.1. The van der Waals surface area contributed by atoms with E-state index in [1.807, 2.05) is 0 Å². The van der Waals surface area contributed by atoms with Crippen LogP contribution >= 0.6 is 10.5 Å². The molecule has 2 nitrogen and oxygen atoms in total. The average molecular weight is 497 g/mol. The van der Waals surface area contributed by atoms with Crippen molar-refractivity contribution in [2.75, 3.05) is 31.2 Å². The van der Waals surface area contributed by atoms with Crippen molar-refractivity contribution in [2.45, 2.75) is 62.0 Å². The Balaban J connectivity index is 1.15. The first-order valence-electron chi connectivity index (χ1n) is 12.9. The van der Waals surface area contributed by atoms with Crippen LogP contribution in [0.4, 0.5) is 14.5 Å². The zero-order chi connectivity index (χ0) is 24.8. The number of allylic oxidation sites excluding steroid dienone is 1. The molecule has 2 aromatic carbocycles. The molecule has 2 heterocycles. The number of halogens is 2. The Morgan fingerprint density at radius 3 is 2.40 bits per heavy atom. The van der Waals surface area contributed by atoms with Crippen LogP contribution in [0, 0.1) is 5.92 Å². The lowest BCUT2D eigenvalue weighted by Gasteiger charge is -2.48. The van der Waals surface area contributed by atoms with Gasteiger partial charge in [-0.15, -0.1) is 0 Å². The molecule has 1 spiro atoms. The molecule has 0 radical (unpaired) electrons. The van der Waals surface area contributed by atoms with Crippen molar-refractivity contribution >= 4 is 22.0 Å². The SMILES string of the molecule is C=C1Nc2ccc(C(F)F)cc2C12CCN(CCCc1ccc(C3(S(=C)C)CC(C)C3)cc1)CC2. The third kappa shape index (κ3) is 4.40. The van der Waals surface area contributed by atoms with Gasteiger partial charge in [0.15, 0.2) is 0 Å². The Labute approximate surface area is 211 Å². The predicted octanol–water partition coefficient (Wildman–Crippen LogP) is 7.49. The van der Waals surface area contributed by atoms with Gasteiger partial charge in [0.25, 0.3) is 6.43 Å². The number of aryl methyl sites for hydroxylation is 1. The second-order valence-electron chi connectivity index (χ2n) is 11.1. The molecular formula is C30H38F2N2S. The van der Waals surface area contributed by atoms with Crippen LogP contribution in [0.25, 0.3) is 0 Å². The van der Waals surface area contributed by atoms with Gasteiger partial charge in [-0.2, -0.15) is 10.5 Å². The Kier molecular flexibility index (Phi) is 6.69. The Hall–Kier alpha value is -1.98. The second kappa shape index (κ2) is 9.48. The smallest absolute Gasteiger partial charge is 0.263 e. The van der Waals surface area contributed by atoms with Crippen LogP contribution in [0.2, 0.25) is 0 Å². The molecule has 2 fully saturated rings. The van der Waals surface area contributed by atoms with Gasteiger partial charge in [-0.05, 0) is 99.2 Å². The van der Waals surface area contributed by atoms with E-state index >= 15 is 0 Å². The van der Waals surface area contributed by atoms with Crippen molar-refractivity contribution in [2.24, 2.45) is 5.92 Å². The number of anilines is 1. The molecule has 0 bridgehead atoms. The van der Waals surface area contributed by atoms with Crippen LogP contribution in [0.3, 0.4) is 0 Å². The Morgan fingerprint density at radius 2 is 1.80 bits per heavy atom. The quantitative estimate of drug-likeness (QED) is 0.400. The van der Waals surface area contributed by atoms with Gasteiger partial charge in [0.2, 0.25) is 0 Å². The maximum absolute atomic E-state index is 13.3. The first-order valence-corrected chi connectivity index (χ1v) is 14.7. The van der Waals surface area contributed by atoms with Gasteiger partial charge in [-0.3, -0.25) is 0 Å². The van der Waals surface area contributed by atoms with Gasteiger partial charge in [0.05, 0.1) is 0 Å². The summed E-state index contributed by atoms with van der Waals surface area (Å²) in [5.41, 5.74) is 5.70. The molecule has 0 amide bonds. The molecule has 1 aliphatic carbocycles. The van der Waals surface area contributed by atoms with Crippen molar-refractivity contribution < 1.29 is 8.78 Å². The topological polar surface area (TPSA) is 15.3 Å². The number of nitrogens with one attached hydrogen (secondary N) is 1. The highest BCUT2D eigenvalue weighted by atomic mass is 32.2. The normalized spacial score (nSPS) is 26.4. The van der Waals surface area contributed by atoms with Crippen molar-refractivity contribution in [1.82, 2.24) is 4.90 Å². The van der Waals surface area contributed by atoms with Gasteiger partial charge in [-0.25, -0.2) is 8.78 Å². The summed E-state index contributed by atoms with van der Waals surface area (Å²) in [6.45, 7) is 9.64. The number of likely N-dealkylation sites (tertiary alicyclic amines) is 1. The van der Waals surface area contributed by atoms with Crippen LogP contribution in [-0.4, -0.2) is 36.7 Å². The number of hydrogen-bond donors (Lipinski definition) is 1. The Morgan fingerprint density at radius 1 is 1.11 bits per heavy atom. The first kappa shape index (κ1) is 24.7. The molecule has 1 saturated carbocycles. The van der Waals surface area contributed by atoms with Crippen molar-refractivity contribution in [1.29, 1.82) is 0 Å². The number of rotatable bonds is 7. The lowest BCUT2D eigenvalue weighted by molar-refractivity contribution is 0.150. The summed E-state index contributed by atoms with van der Waals surface area (Å²) in [6, 6.07) is 14.4. The van der Waals surface area contributed by atoms with E-state index in [0.29, 0.717) is 4.75 Å². The molecule has 1 unspecified atom stereocenters. The van der Waals surface area contributed by atoms with E-state index in [0.717, 1.165) is 68.2 Å². The molecule has 0 aromatic heterocycles. The number of hydrogen-bond acceptors (Lipinski definition) is 2. The molecule has 2 aromatic rings.